The Morgan fingerprint density at radius 2 is 1.90 bits per heavy atom. The van der Waals surface area contributed by atoms with Gasteiger partial charge in [0.15, 0.2) is 11.2 Å². The fourth-order valence-electron chi connectivity index (χ4n) is 4.84. The molecule has 3 aromatic heterocycles. The van der Waals surface area contributed by atoms with Gasteiger partial charge in [0.25, 0.3) is 0 Å². The summed E-state index contributed by atoms with van der Waals surface area (Å²) in [5.74, 6) is 2.55. The van der Waals surface area contributed by atoms with Crippen LogP contribution in [0.15, 0.2) is 18.7 Å². The number of carbonyl (C=O) groups excluding carboxylic acids is 1. The SMILES string of the molecule is CCn1c(-c2cnc(C)nc2)nc2c(OC3CCC(C4(NC=O)CC4)CC3)ncnc21. The summed E-state index contributed by atoms with van der Waals surface area (Å²) in [7, 11) is 0. The number of aromatic nitrogens is 6. The summed E-state index contributed by atoms with van der Waals surface area (Å²) in [6.07, 6.45) is 12.2. The minimum atomic E-state index is 0.0415. The lowest BCUT2D eigenvalue weighted by atomic mass is 9.81. The van der Waals surface area contributed by atoms with Gasteiger partial charge in [-0.15, -0.1) is 0 Å². The van der Waals surface area contributed by atoms with Crippen molar-refractivity contribution in [2.45, 2.75) is 70.6 Å². The molecule has 0 bridgehead atoms. The highest BCUT2D eigenvalue weighted by Gasteiger charge is 2.49. The summed E-state index contributed by atoms with van der Waals surface area (Å²) in [5, 5.41) is 3.06. The zero-order valence-corrected chi connectivity index (χ0v) is 17.9. The van der Waals surface area contributed by atoms with Gasteiger partial charge < -0.3 is 14.6 Å². The number of carbonyl (C=O) groups is 1. The van der Waals surface area contributed by atoms with Crippen LogP contribution in [0.5, 0.6) is 5.88 Å². The van der Waals surface area contributed by atoms with Gasteiger partial charge in [-0.1, -0.05) is 0 Å². The Balaban J connectivity index is 1.37. The summed E-state index contributed by atoms with van der Waals surface area (Å²) in [4.78, 5) is 33.2. The van der Waals surface area contributed by atoms with E-state index in [-0.39, 0.29) is 11.6 Å². The monoisotopic (exact) mass is 421 g/mol. The van der Waals surface area contributed by atoms with Crippen molar-refractivity contribution < 1.29 is 9.53 Å². The number of nitrogens with zero attached hydrogens (tertiary/aromatic N) is 6. The standard InChI is InChI=1S/C22H27N7O2/c1-3-29-19(15-10-23-14(2)24-11-15)28-18-20(29)25-12-26-21(18)31-17-6-4-16(5-7-17)22(8-9-22)27-13-30/h10-13,16-17H,3-9H2,1-2H3,(H,27,30). The fraction of sp³-hybridized carbons (Fsp3) is 0.545. The normalized spacial score (nSPS) is 22.3. The number of hydrogen-bond donors (Lipinski definition) is 1. The molecule has 1 amide bonds. The van der Waals surface area contributed by atoms with Crippen LogP contribution in [0.2, 0.25) is 0 Å². The predicted molar refractivity (Wildman–Crippen MR) is 114 cm³/mol. The van der Waals surface area contributed by atoms with E-state index in [1.807, 2.05) is 11.5 Å². The Bertz CT molecular complexity index is 1080. The highest BCUT2D eigenvalue weighted by atomic mass is 16.5. The molecule has 1 N–H and O–H groups in total. The van der Waals surface area contributed by atoms with Crippen molar-refractivity contribution in [1.29, 1.82) is 0 Å². The van der Waals surface area contributed by atoms with Crippen molar-refractivity contribution in [3.05, 3.63) is 24.5 Å². The van der Waals surface area contributed by atoms with E-state index in [1.165, 1.54) is 0 Å². The van der Waals surface area contributed by atoms with Crippen molar-refractivity contribution in [1.82, 2.24) is 34.8 Å². The van der Waals surface area contributed by atoms with Gasteiger partial charge in [0.05, 0.1) is 5.56 Å². The van der Waals surface area contributed by atoms with Crippen LogP contribution in [-0.4, -0.2) is 47.5 Å². The lowest BCUT2D eigenvalue weighted by Gasteiger charge is -2.33. The van der Waals surface area contributed by atoms with E-state index in [9.17, 15) is 4.79 Å². The Labute approximate surface area is 180 Å². The predicted octanol–water partition coefficient (Wildman–Crippen LogP) is 2.83. The maximum atomic E-state index is 10.9. The third kappa shape index (κ3) is 3.62. The summed E-state index contributed by atoms with van der Waals surface area (Å²) in [5.41, 5.74) is 2.31. The topological polar surface area (TPSA) is 108 Å². The minimum Gasteiger partial charge on any atom is -0.473 e. The van der Waals surface area contributed by atoms with E-state index in [1.54, 1.807) is 18.7 Å². The summed E-state index contributed by atoms with van der Waals surface area (Å²) in [6, 6.07) is 0. The van der Waals surface area contributed by atoms with Gasteiger partial charge in [-0.3, -0.25) is 4.79 Å². The van der Waals surface area contributed by atoms with Crippen molar-refractivity contribution >= 4 is 17.6 Å². The van der Waals surface area contributed by atoms with Gasteiger partial charge in [-0.05, 0) is 58.3 Å². The van der Waals surface area contributed by atoms with Gasteiger partial charge in [-0.25, -0.2) is 19.9 Å². The van der Waals surface area contributed by atoms with E-state index in [0.29, 0.717) is 23.9 Å². The zero-order valence-electron chi connectivity index (χ0n) is 17.9. The van der Waals surface area contributed by atoms with E-state index in [2.05, 4.69) is 32.2 Å². The molecule has 0 atom stereocenters. The number of aryl methyl sites for hydroxylation is 2. The molecule has 0 unspecified atom stereocenters. The van der Waals surface area contributed by atoms with Crippen LogP contribution in [0.3, 0.4) is 0 Å². The van der Waals surface area contributed by atoms with E-state index in [4.69, 9.17) is 9.72 Å². The second kappa shape index (κ2) is 7.86. The molecule has 9 nitrogen and oxygen atoms in total. The first-order valence-electron chi connectivity index (χ1n) is 11.0. The second-order valence-electron chi connectivity index (χ2n) is 8.56. The average Bonchev–Trinajstić information content (AvgIpc) is 3.47. The average molecular weight is 422 g/mol. The summed E-state index contributed by atoms with van der Waals surface area (Å²) in [6.45, 7) is 4.64. The lowest BCUT2D eigenvalue weighted by molar-refractivity contribution is -0.110. The number of hydrogen-bond acceptors (Lipinski definition) is 7. The molecule has 5 rings (SSSR count). The third-order valence-corrected chi connectivity index (χ3v) is 6.72. The molecular weight excluding hydrogens is 394 g/mol. The van der Waals surface area contributed by atoms with Crippen LogP contribution in [0.4, 0.5) is 0 Å². The van der Waals surface area contributed by atoms with Crippen molar-refractivity contribution in [3.8, 4) is 17.3 Å². The maximum Gasteiger partial charge on any atom is 0.245 e. The van der Waals surface area contributed by atoms with E-state index >= 15 is 0 Å². The first-order valence-corrected chi connectivity index (χ1v) is 11.0. The van der Waals surface area contributed by atoms with Crippen molar-refractivity contribution in [2.75, 3.05) is 0 Å². The molecule has 3 heterocycles. The number of fused-ring (bicyclic) bond motifs is 1. The van der Waals surface area contributed by atoms with Gasteiger partial charge in [0.2, 0.25) is 12.3 Å². The van der Waals surface area contributed by atoms with E-state index in [0.717, 1.165) is 67.8 Å². The highest BCUT2D eigenvalue weighted by Crippen LogP contribution is 2.48. The van der Waals surface area contributed by atoms with Crippen LogP contribution in [0.25, 0.3) is 22.6 Å². The molecule has 0 aliphatic heterocycles. The summed E-state index contributed by atoms with van der Waals surface area (Å²) >= 11 is 0. The maximum absolute atomic E-state index is 10.9. The minimum absolute atomic E-state index is 0.0415. The van der Waals surface area contributed by atoms with Crippen molar-refractivity contribution in [3.63, 3.8) is 0 Å². The van der Waals surface area contributed by atoms with Crippen LogP contribution in [0.1, 0.15) is 51.3 Å². The van der Waals surface area contributed by atoms with Gasteiger partial charge in [0.1, 0.15) is 24.1 Å². The Morgan fingerprint density at radius 1 is 1.16 bits per heavy atom. The molecule has 2 aliphatic rings. The molecule has 0 spiro atoms. The number of nitrogens with one attached hydrogen (secondary N) is 1. The fourth-order valence-corrected chi connectivity index (χ4v) is 4.84. The number of ether oxygens (including phenoxy) is 1. The second-order valence-corrected chi connectivity index (χ2v) is 8.56. The molecular formula is C22H27N7O2. The molecule has 3 aromatic rings. The number of amides is 1. The molecule has 9 heteroatoms. The zero-order chi connectivity index (χ0) is 21.4. The number of rotatable bonds is 7. The first-order chi connectivity index (χ1) is 15.1. The van der Waals surface area contributed by atoms with Gasteiger partial charge in [0, 0.05) is 24.5 Å². The van der Waals surface area contributed by atoms with Crippen LogP contribution < -0.4 is 10.1 Å². The molecule has 31 heavy (non-hydrogen) atoms. The highest BCUT2D eigenvalue weighted by molar-refractivity contribution is 5.81. The smallest absolute Gasteiger partial charge is 0.245 e. The third-order valence-electron chi connectivity index (χ3n) is 6.72. The van der Waals surface area contributed by atoms with Gasteiger partial charge in [-0.2, -0.15) is 4.98 Å². The largest absolute Gasteiger partial charge is 0.473 e. The molecule has 162 valence electrons. The number of imidazole rings is 1. The lowest BCUT2D eigenvalue weighted by Crippen LogP contribution is -2.41. The first kappa shape index (κ1) is 19.8. The summed E-state index contributed by atoms with van der Waals surface area (Å²) < 4.78 is 8.37. The molecule has 2 fully saturated rings. The van der Waals surface area contributed by atoms with Crippen LogP contribution in [0, 0.1) is 12.8 Å². The molecule has 2 aliphatic carbocycles. The van der Waals surface area contributed by atoms with Crippen LogP contribution >= 0.6 is 0 Å². The Morgan fingerprint density at radius 3 is 2.55 bits per heavy atom. The molecule has 2 saturated carbocycles. The van der Waals surface area contributed by atoms with Gasteiger partial charge >= 0.3 is 0 Å². The van der Waals surface area contributed by atoms with Crippen molar-refractivity contribution in [2.24, 2.45) is 5.92 Å². The van der Waals surface area contributed by atoms with E-state index < -0.39 is 0 Å². The Hall–Kier alpha value is -3.10. The Kier molecular flexibility index (Phi) is 5.03. The molecule has 0 aromatic carbocycles. The van der Waals surface area contributed by atoms with Crippen LogP contribution in [-0.2, 0) is 11.3 Å². The quantitative estimate of drug-likeness (QED) is 0.585. The molecule has 0 radical (unpaired) electrons. The molecule has 0 saturated heterocycles.